The summed E-state index contributed by atoms with van der Waals surface area (Å²) in [7, 11) is 0. The third kappa shape index (κ3) is 9.98. The van der Waals surface area contributed by atoms with Crippen molar-refractivity contribution in [3.05, 3.63) is 208 Å². The quantitative estimate of drug-likeness (QED) is 0.102. The van der Waals surface area contributed by atoms with E-state index < -0.39 is 84.6 Å². The van der Waals surface area contributed by atoms with E-state index in [0.29, 0.717) is 84.7 Å². The van der Waals surface area contributed by atoms with E-state index in [1.165, 1.54) is 36.7 Å². The molecule has 9 aromatic rings. The summed E-state index contributed by atoms with van der Waals surface area (Å²) in [4.78, 5) is 13.6. The van der Waals surface area contributed by atoms with E-state index in [1.54, 1.807) is 66.7 Å². The zero-order valence-electron chi connectivity index (χ0n) is 52.2. The van der Waals surface area contributed by atoms with Crippen molar-refractivity contribution in [2.24, 2.45) is 0 Å². The first-order chi connectivity index (χ1) is 38.6. The Morgan fingerprint density at radius 1 is 0.582 bits per heavy atom. The maximum Gasteiger partial charge on any atom is 3.00 e. The second-order valence-electron chi connectivity index (χ2n) is 16.6. The molecule has 0 unspecified atom stereocenters. The number of pyridine rings is 3. The molecule has 334 valence electrons. The Labute approximate surface area is 430 Å². The normalized spacial score (nSPS) is 20.0. The van der Waals surface area contributed by atoms with Crippen LogP contribution in [0.3, 0.4) is 0 Å². The van der Waals surface area contributed by atoms with Crippen LogP contribution >= 0.6 is 0 Å². The molecule has 0 saturated heterocycles. The van der Waals surface area contributed by atoms with E-state index >= 15 is 0 Å². The molecule has 4 aromatic heterocycles. The number of halogens is 1. The average molecular weight is 1070 g/mol. The largest absolute Gasteiger partial charge is 3.00 e. The van der Waals surface area contributed by atoms with Crippen LogP contribution < -0.4 is 0 Å². The van der Waals surface area contributed by atoms with Gasteiger partial charge in [-0.15, -0.1) is 90.0 Å². The summed E-state index contributed by atoms with van der Waals surface area (Å²) in [5, 5.41) is 0.727. The molecule has 2 fully saturated rings. The Kier molecular flexibility index (Phi) is 9.04. The third-order valence-corrected chi connectivity index (χ3v) is 12.2. The van der Waals surface area contributed by atoms with Crippen molar-refractivity contribution in [2.75, 3.05) is 0 Å². The van der Waals surface area contributed by atoms with Gasteiger partial charge in [0, 0.05) is 49.2 Å². The van der Waals surface area contributed by atoms with Gasteiger partial charge in [0.15, 0.2) is 0 Å². The number of aryl methyl sites for hydroxylation is 6. The van der Waals surface area contributed by atoms with Crippen LogP contribution in [0.25, 0.3) is 55.7 Å². The molecule has 11 rings (SSSR count). The molecule has 2 saturated carbocycles. The van der Waals surface area contributed by atoms with E-state index in [9.17, 15) is 23.6 Å². The number of hydrogen-bond acceptors (Lipinski definition) is 4. The molecule has 0 bridgehead atoms. The van der Waals surface area contributed by atoms with E-state index in [1.807, 2.05) is 0 Å². The molecule has 2 aliphatic rings. The molecule has 4 heterocycles. The number of nitrogens with zero attached hydrogens (tertiary/aromatic N) is 3. The Morgan fingerprint density at radius 2 is 1.13 bits per heavy atom. The standard InChI is InChI=1S/C61H53FN3O.Ir/c62-51-29-30-52-53-20-11-21-54(61(53)66-60(52)35-51)57-31-26-41(38-63-57)22-23-42-32-43(24-27-49-39-64-58(47-16-3-1-4-17-47)36-55(49)45-12-7-8-13-45)34-44(33-42)25-28-50-40-65-59(48-18-5-2-6-19-48)37-56(50)46-14-9-10-15-46;/h1-6,11,16,18,20,26,29-40,45-46H,7-10,12-15,22-25,27-28H2;/q-3;+3/i22D2,23D2,24D2,25D2,27D2,28D2,29D,35D,45D,46D;. The Bertz CT molecular complexity index is 3770. The fraction of sp³-hybridized carbons (Fsp3) is 0.262. The SMILES string of the molecule is [2H]c1cc2c(oc3c(-c4ccc(C([2H])([2H])C([2H])([2H])c5cc(C([2H])([2H])C([2H])([2H])c6cnc(-c7[c-]cccc7)cc6C6([2H])CCCC6)cc(C([2H])([2H])C([2H])([2H])c6cnc(-c7[c-]cccc7)cc6C6([2H])CCCC6)c5)cn4)[c-]ccc32)c([2H])c1F.[Ir+3]. The van der Waals surface area contributed by atoms with Gasteiger partial charge >= 0.3 is 20.1 Å². The van der Waals surface area contributed by atoms with Crippen LogP contribution in [-0.2, 0) is 58.3 Å². The minimum atomic E-state index is -3.27. The minimum absolute atomic E-state index is 0. The monoisotopic (exact) mass is 1070 g/mol. The van der Waals surface area contributed by atoms with E-state index in [4.69, 9.17) is 7.16 Å². The van der Waals surface area contributed by atoms with Gasteiger partial charge in [0.25, 0.3) is 0 Å². The van der Waals surface area contributed by atoms with Crippen molar-refractivity contribution in [1.29, 1.82) is 0 Å². The van der Waals surface area contributed by atoms with E-state index in [-0.39, 0.29) is 70.3 Å². The first kappa shape index (κ1) is 29.6. The molecule has 2 aliphatic carbocycles. The van der Waals surface area contributed by atoms with Crippen molar-refractivity contribution in [3.8, 4) is 33.8 Å². The summed E-state index contributed by atoms with van der Waals surface area (Å²) in [6.45, 7) is 0. The summed E-state index contributed by atoms with van der Waals surface area (Å²) in [5.41, 5.74) is -0.308. The van der Waals surface area contributed by atoms with Crippen LogP contribution in [0, 0.1) is 24.0 Å². The van der Waals surface area contributed by atoms with Crippen LogP contribution in [0.15, 0.2) is 144 Å². The summed E-state index contributed by atoms with van der Waals surface area (Å²) in [6, 6.07) is 35.0. The molecule has 67 heavy (non-hydrogen) atoms. The summed E-state index contributed by atoms with van der Waals surface area (Å²) < 4.78 is 174. The maximum atomic E-state index is 14.7. The molecule has 5 aromatic carbocycles. The van der Waals surface area contributed by atoms with Gasteiger partial charge in [0.1, 0.15) is 11.4 Å². The van der Waals surface area contributed by atoms with Crippen molar-refractivity contribution >= 4 is 21.9 Å². The van der Waals surface area contributed by atoms with Crippen LogP contribution in [0.1, 0.15) is 130 Å². The van der Waals surface area contributed by atoms with Gasteiger partial charge in [-0.2, -0.15) is 0 Å². The molecule has 0 amide bonds. The smallest absolute Gasteiger partial charge is 0.500 e. The van der Waals surface area contributed by atoms with Crippen molar-refractivity contribution in [2.45, 2.75) is 101 Å². The molecule has 4 nitrogen and oxygen atoms in total. The molecule has 0 spiro atoms. The Balaban J connectivity index is 0.00000769. The molecular weight excluding hydrogens is 1000 g/mol. The fourth-order valence-electron chi connectivity index (χ4n) is 8.90. The summed E-state index contributed by atoms with van der Waals surface area (Å²) in [6.07, 6.45) is -11.8. The van der Waals surface area contributed by atoms with Crippen molar-refractivity contribution < 1.29 is 50.8 Å². The van der Waals surface area contributed by atoms with Gasteiger partial charge in [0.2, 0.25) is 0 Å². The number of hydrogen-bond donors (Lipinski definition) is 0. The van der Waals surface area contributed by atoms with Crippen LogP contribution in [0.2, 0.25) is 0 Å². The predicted octanol–water partition coefficient (Wildman–Crippen LogP) is 15.0. The van der Waals surface area contributed by atoms with Gasteiger partial charge in [-0.3, -0.25) is 0 Å². The Hall–Kier alpha value is -6.07. The summed E-state index contributed by atoms with van der Waals surface area (Å²) >= 11 is 0. The predicted molar refractivity (Wildman–Crippen MR) is 264 cm³/mol. The Morgan fingerprint density at radius 3 is 1.67 bits per heavy atom. The van der Waals surface area contributed by atoms with Crippen LogP contribution in [0.4, 0.5) is 4.39 Å². The molecule has 0 radical (unpaired) electrons. The topological polar surface area (TPSA) is 51.8 Å². The van der Waals surface area contributed by atoms with E-state index in [0.717, 1.165) is 24.4 Å². The number of benzene rings is 5. The van der Waals surface area contributed by atoms with Gasteiger partial charge in [-0.25, -0.2) is 4.39 Å². The second-order valence-corrected chi connectivity index (χ2v) is 16.6. The first-order valence-electron chi connectivity index (χ1n) is 30.3. The van der Waals surface area contributed by atoms with Crippen molar-refractivity contribution in [1.82, 2.24) is 15.0 Å². The van der Waals surface area contributed by atoms with Gasteiger partial charge in [-0.1, -0.05) is 79.1 Å². The third-order valence-electron chi connectivity index (χ3n) is 12.2. The first-order valence-corrected chi connectivity index (χ1v) is 22.3. The summed E-state index contributed by atoms with van der Waals surface area (Å²) in [5.74, 6) is -3.81. The van der Waals surface area contributed by atoms with Gasteiger partial charge < -0.3 is 19.4 Å². The van der Waals surface area contributed by atoms with Crippen LogP contribution in [-0.4, -0.2) is 15.0 Å². The second kappa shape index (κ2) is 20.4. The zero-order valence-corrected chi connectivity index (χ0v) is 38.6. The molecule has 6 heteroatoms. The molecule has 0 N–H and O–H groups in total. The maximum absolute atomic E-state index is 14.7. The minimum Gasteiger partial charge on any atom is -0.500 e. The van der Waals surface area contributed by atoms with E-state index in [2.05, 4.69) is 33.2 Å². The molecular formula is C61H53FIrN3O. The van der Waals surface area contributed by atoms with Gasteiger partial charge in [-0.05, 0) is 149 Å². The van der Waals surface area contributed by atoms with Crippen molar-refractivity contribution in [3.63, 3.8) is 0 Å². The number of furan rings is 1. The zero-order chi connectivity index (χ0) is 58.6. The van der Waals surface area contributed by atoms with Gasteiger partial charge in [0.05, 0.1) is 8.32 Å². The number of rotatable bonds is 14. The number of fused-ring (bicyclic) bond motifs is 3. The van der Waals surface area contributed by atoms with Crippen LogP contribution in [0.5, 0.6) is 0 Å². The average Bonchev–Trinajstić information content (AvgIpc) is 4.02. The molecule has 0 atom stereocenters. The number of aromatic nitrogens is 3. The molecule has 0 aliphatic heterocycles. The fourth-order valence-corrected chi connectivity index (χ4v) is 8.90.